The Bertz CT molecular complexity index is 2270. The Labute approximate surface area is 272 Å². The zero-order valence-electron chi connectivity index (χ0n) is 27.5. The molecule has 47 heavy (non-hydrogen) atoms. The third-order valence-electron chi connectivity index (χ3n) is 9.81. The normalized spacial score (nSPS) is 12.2. The summed E-state index contributed by atoms with van der Waals surface area (Å²) in [6, 6.07) is 24.8. The summed E-state index contributed by atoms with van der Waals surface area (Å²) >= 11 is 0. The van der Waals surface area contributed by atoms with Crippen LogP contribution < -0.4 is 31.7 Å². The van der Waals surface area contributed by atoms with E-state index in [-0.39, 0.29) is 27.0 Å². The van der Waals surface area contributed by atoms with Crippen molar-refractivity contribution in [3.8, 4) is 28.7 Å². The maximum atomic E-state index is 13.6. The fourth-order valence-electron chi connectivity index (χ4n) is 6.07. The molecule has 0 radical (unpaired) electrons. The van der Waals surface area contributed by atoms with Crippen LogP contribution in [0, 0.1) is 0 Å². The number of nitrogens with zero attached hydrogens (tertiary/aromatic N) is 2. The lowest BCUT2D eigenvalue weighted by Crippen LogP contribution is -2.40. The Morgan fingerprint density at radius 1 is 0.532 bits per heavy atom. The van der Waals surface area contributed by atoms with Gasteiger partial charge in [0, 0.05) is 17.7 Å². The monoisotopic (exact) mass is 630 g/mol. The molecule has 8 heteroatoms. The molecule has 240 valence electrons. The average molecular weight is 631 g/mol. The molecule has 6 rings (SSSR count). The quantitative estimate of drug-likeness (QED) is 0.154. The molecule has 0 saturated heterocycles. The Morgan fingerprint density at radius 2 is 0.979 bits per heavy atom. The second kappa shape index (κ2) is 11.8. The van der Waals surface area contributed by atoms with Crippen molar-refractivity contribution in [1.29, 1.82) is 0 Å². The molecule has 2 aromatic heterocycles. The maximum Gasteiger partial charge on any atom is 0.266 e. The Hall–Kier alpha value is -5.24. The molecule has 0 N–H and O–H groups in total. The highest BCUT2D eigenvalue weighted by Gasteiger charge is 2.27. The molecule has 0 aliphatic heterocycles. The van der Waals surface area contributed by atoms with Crippen LogP contribution in [0.4, 0.5) is 0 Å². The fourth-order valence-corrected chi connectivity index (χ4v) is 6.07. The van der Waals surface area contributed by atoms with E-state index in [1.54, 1.807) is 36.4 Å². The molecule has 6 aromatic rings. The highest BCUT2D eigenvalue weighted by Crippen LogP contribution is 2.35. The molecular formula is C39H38N2O6. The van der Waals surface area contributed by atoms with Gasteiger partial charge in [0.15, 0.2) is 0 Å². The first-order chi connectivity index (χ1) is 22.4. The first-order valence-corrected chi connectivity index (χ1v) is 16.0. The van der Waals surface area contributed by atoms with E-state index in [1.165, 1.54) is 22.3 Å². The smallest absolute Gasteiger partial charge is 0.266 e. The zero-order chi connectivity index (χ0) is 33.7. The van der Waals surface area contributed by atoms with Gasteiger partial charge < -0.3 is 9.47 Å². The van der Waals surface area contributed by atoms with Crippen LogP contribution in [0.15, 0.2) is 104 Å². The van der Waals surface area contributed by atoms with Crippen molar-refractivity contribution >= 4 is 21.5 Å². The van der Waals surface area contributed by atoms with Gasteiger partial charge in [-0.05, 0) is 92.6 Å². The molecule has 0 fully saturated rings. The van der Waals surface area contributed by atoms with E-state index in [4.69, 9.17) is 9.47 Å². The summed E-state index contributed by atoms with van der Waals surface area (Å²) in [4.78, 5) is 53.7. The van der Waals surface area contributed by atoms with Crippen molar-refractivity contribution in [3.05, 3.63) is 132 Å². The number of rotatable bonds is 10. The van der Waals surface area contributed by atoms with Gasteiger partial charge in [-0.15, -0.1) is 0 Å². The van der Waals surface area contributed by atoms with E-state index in [2.05, 4.69) is 32.9 Å². The van der Waals surface area contributed by atoms with E-state index in [0.29, 0.717) is 29.4 Å². The highest BCUT2D eigenvalue weighted by molar-refractivity contribution is 5.98. The van der Waals surface area contributed by atoms with Crippen LogP contribution in [0.2, 0.25) is 0 Å². The molecule has 0 aliphatic carbocycles. The molecule has 0 unspecified atom stereocenters. The van der Waals surface area contributed by atoms with Crippen LogP contribution in [-0.4, -0.2) is 9.13 Å². The number of ether oxygens (including phenoxy) is 2. The maximum absolute atomic E-state index is 13.6. The lowest BCUT2D eigenvalue weighted by atomic mass is 9.78. The lowest BCUT2D eigenvalue weighted by molar-refractivity contribution is 0.328. The number of hydrogen-bond acceptors (Lipinski definition) is 6. The molecule has 0 bridgehead atoms. The van der Waals surface area contributed by atoms with Gasteiger partial charge >= 0.3 is 0 Å². The van der Waals surface area contributed by atoms with E-state index >= 15 is 0 Å². The highest BCUT2D eigenvalue weighted by atomic mass is 16.5. The van der Waals surface area contributed by atoms with Crippen molar-refractivity contribution in [1.82, 2.24) is 9.13 Å². The number of aromatic nitrogens is 2. The third kappa shape index (κ3) is 5.47. The summed E-state index contributed by atoms with van der Waals surface area (Å²) < 4.78 is 14.6. The van der Waals surface area contributed by atoms with Crippen LogP contribution in [-0.2, 0) is 11.0 Å². The molecule has 0 atom stereocenters. The van der Waals surface area contributed by atoms with E-state index < -0.39 is 27.8 Å². The van der Waals surface area contributed by atoms with Gasteiger partial charge in [0.05, 0.1) is 27.2 Å². The van der Waals surface area contributed by atoms with Crippen LogP contribution >= 0.6 is 0 Å². The minimum atomic E-state index is -0.708. The molecule has 4 aromatic carbocycles. The van der Waals surface area contributed by atoms with E-state index in [9.17, 15) is 19.2 Å². The third-order valence-corrected chi connectivity index (χ3v) is 9.81. The van der Waals surface area contributed by atoms with Crippen molar-refractivity contribution in [2.75, 3.05) is 0 Å². The predicted octanol–water partition coefficient (Wildman–Crippen LogP) is 7.71. The Kier molecular flexibility index (Phi) is 8.00. The van der Waals surface area contributed by atoms with Crippen LogP contribution in [0.1, 0.15) is 66.4 Å². The second-order valence-electron chi connectivity index (χ2n) is 13.0. The molecule has 0 spiro atoms. The Morgan fingerprint density at radius 3 is 1.49 bits per heavy atom. The van der Waals surface area contributed by atoms with Gasteiger partial charge in [-0.25, -0.2) is 4.57 Å². The molecule has 0 aliphatic rings. The zero-order valence-corrected chi connectivity index (χ0v) is 27.5. The summed E-state index contributed by atoms with van der Waals surface area (Å²) in [5, 5.41) is 0.442. The van der Waals surface area contributed by atoms with Crippen molar-refractivity contribution < 1.29 is 9.47 Å². The second-order valence-corrected chi connectivity index (χ2v) is 13.0. The van der Waals surface area contributed by atoms with Gasteiger partial charge in [-0.3, -0.25) is 23.7 Å². The molecule has 2 heterocycles. The van der Waals surface area contributed by atoms with Gasteiger partial charge in [0.2, 0.25) is 0 Å². The van der Waals surface area contributed by atoms with Crippen LogP contribution in [0.3, 0.4) is 0 Å². The minimum Gasteiger partial charge on any atom is -0.457 e. The van der Waals surface area contributed by atoms with Gasteiger partial charge in [-0.2, -0.15) is 0 Å². The molecular weight excluding hydrogens is 592 g/mol. The van der Waals surface area contributed by atoms with E-state index in [0.717, 1.165) is 23.2 Å². The summed E-state index contributed by atoms with van der Waals surface area (Å²) in [5.74, 6) is 2.25. The van der Waals surface area contributed by atoms with Crippen molar-refractivity contribution in [2.24, 2.45) is 0 Å². The number of hydrogen-bond donors (Lipinski definition) is 0. The van der Waals surface area contributed by atoms with Gasteiger partial charge in [0.1, 0.15) is 23.0 Å². The van der Waals surface area contributed by atoms with Crippen molar-refractivity contribution in [2.45, 2.75) is 71.8 Å². The number of benzene rings is 4. The van der Waals surface area contributed by atoms with Gasteiger partial charge in [-0.1, -0.05) is 52.0 Å². The molecule has 0 saturated carbocycles. The topological polar surface area (TPSA) is 96.6 Å². The first-order valence-electron chi connectivity index (χ1n) is 16.0. The van der Waals surface area contributed by atoms with Crippen LogP contribution in [0.5, 0.6) is 23.0 Å². The lowest BCUT2D eigenvalue weighted by Gasteiger charge is -2.27. The summed E-state index contributed by atoms with van der Waals surface area (Å²) in [5.41, 5.74) is -1.18. The number of fused-ring (bicyclic) bond motifs is 2. The van der Waals surface area contributed by atoms with Gasteiger partial charge in [0.25, 0.3) is 22.2 Å². The largest absolute Gasteiger partial charge is 0.457 e. The minimum absolute atomic E-state index is 0.0663. The Balaban J connectivity index is 1.31. The standard InChI is InChI=1S/C39H38N2O6/c1-7-38(4,5)41-36(44)32-22-30-31(23-33(32)37(41)45)35(43)40(34(30)42)25-14-11-16-27(20-25)47-29-18-12-17-28(21-29)46-26-15-10-13-24(19-26)39(6,8-2)9-3/h10-23H,7-9H2,1-6H3. The summed E-state index contributed by atoms with van der Waals surface area (Å²) in [6.45, 7) is 12.2. The van der Waals surface area contributed by atoms with E-state index in [1.807, 2.05) is 45.0 Å². The fraction of sp³-hybridized carbons (Fsp3) is 0.282. The summed E-state index contributed by atoms with van der Waals surface area (Å²) in [7, 11) is 0. The summed E-state index contributed by atoms with van der Waals surface area (Å²) in [6.07, 6.45) is 2.60. The van der Waals surface area contributed by atoms with Crippen molar-refractivity contribution in [3.63, 3.8) is 0 Å². The average Bonchev–Trinajstić information content (AvgIpc) is 3.47. The molecule has 8 nitrogen and oxygen atoms in total. The SMILES string of the molecule is CCC(C)(CC)c1cccc(Oc2cccc(Oc3cccc(-n4c(=O)c5cc6c(=O)n(C(C)(C)CC)c(=O)c6cc5c4=O)c3)c2)c1. The first kappa shape index (κ1) is 31.7. The predicted molar refractivity (Wildman–Crippen MR) is 187 cm³/mol. The van der Waals surface area contributed by atoms with Crippen LogP contribution in [0.25, 0.3) is 27.2 Å². The molecule has 0 amide bonds.